The second kappa shape index (κ2) is 6.09. The number of rotatable bonds is 1. The first-order valence-corrected chi connectivity index (χ1v) is 6.15. The van der Waals surface area contributed by atoms with Gasteiger partial charge in [-0.05, 0) is 25.5 Å². The molecule has 4 heteroatoms. The molecule has 1 amide bonds. The molecule has 0 aromatic heterocycles. The summed E-state index contributed by atoms with van der Waals surface area (Å²) in [5.41, 5.74) is 0. The van der Waals surface area contributed by atoms with Crippen LogP contribution in [0.15, 0.2) is 12.2 Å². The summed E-state index contributed by atoms with van der Waals surface area (Å²) in [6, 6.07) is -0.213. The smallest absolute Gasteiger partial charge is 0.279 e. The van der Waals surface area contributed by atoms with Crippen molar-refractivity contribution in [3.63, 3.8) is 0 Å². The predicted molar refractivity (Wildman–Crippen MR) is 59.4 cm³/mol. The zero-order valence-electron chi connectivity index (χ0n) is 8.40. The van der Waals surface area contributed by atoms with Gasteiger partial charge >= 0.3 is 0 Å². The lowest BCUT2D eigenvalue weighted by atomic mass is 10.00. The zero-order chi connectivity index (χ0) is 10.4. The monoisotopic (exact) mass is 215 g/mol. The summed E-state index contributed by atoms with van der Waals surface area (Å²) in [6.45, 7) is 0. The van der Waals surface area contributed by atoms with Gasteiger partial charge in [-0.2, -0.15) is 0 Å². The van der Waals surface area contributed by atoms with Crippen molar-refractivity contribution in [2.75, 3.05) is 6.26 Å². The van der Waals surface area contributed by atoms with E-state index in [1.165, 1.54) is 0 Å². The molecule has 0 fully saturated rings. The maximum absolute atomic E-state index is 11.1. The van der Waals surface area contributed by atoms with Crippen LogP contribution in [0.4, 0.5) is 4.79 Å². The molecule has 0 aliphatic heterocycles. The van der Waals surface area contributed by atoms with Gasteiger partial charge in [0.05, 0.1) is 12.1 Å². The second-order valence-corrected chi connectivity index (χ2v) is 4.22. The fraction of sp³-hybridized carbons (Fsp3) is 0.700. The van der Waals surface area contributed by atoms with Crippen molar-refractivity contribution in [3.05, 3.63) is 12.2 Å². The molecule has 0 saturated heterocycles. The molecule has 0 heterocycles. The number of aliphatic hydroxyl groups is 1. The van der Waals surface area contributed by atoms with E-state index in [1.54, 1.807) is 6.26 Å². The van der Waals surface area contributed by atoms with Crippen LogP contribution in [-0.2, 0) is 0 Å². The van der Waals surface area contributed by atoms with E-state index in [2.05, 4.69) is 5.32 Å². The molecule has 0 saturated carbocycles. The number of aliphatic hydroxyl groups excluding tert-OH is 1. The lowest BCUT2D eigenvalue weighted by Gasteiger charge is -2.22. The number of allylic oxidation sites excluding steroid dienone is 1. The molecule has 80 valence electrons. The molecule has 1 aliphatic carbocycles. The molecule has 0 aromatic rings. The van der Waals surface area contributed by atoms with Crippen molar-refractivity contribution in [1.29, 1.82) is 0 Å². The highest BCUT2D eigenvalue weighted by atomic mass is 32.2. The summed E-state index contributed by atoms with van der Waals surface area (Å²) >= 11 is 1.14. The molecule has 1 unspecified atom stereocenters. The van der Waals surface area contributed by atoms with E-state index < -0.39 is 6.10 Å². The van der Waals surface area contributed by atoms with Crippen LogP contribution in [0.25, 0.3) is 0 Å². The van der Waals surface area contributed by atoms with Gasteiger partial charge in [-0.15, -0.1) is 0 Å². The Bertz CT molecular complexity index is 218. The van der Waals surface area contributed by atoms with Gasteiger partial charge in [-0.1, -0.05) is 30.3 Å². The average molecular weight is 215 g/mol. The number of nitrogens with one attached hydrogen (secondary N) is 1. The van der Waals surface area contributed by atoms with Crippen LogP contribution >= 0.6 is 11.8 Å². The van der Waals surface area contributed by atoms with Crippen molar-refractivity contribution >= 4 is 17.0 Å². The minimum atomic E-state index is -0.442. The number of hydrogen-bond acceptors (Lipinski definition) is 3. The van der Waals surface area contributed by atoms with Gasteiger partial charge in [0.25, 0.3) is 5.24 Å². The van der Waals surface area contributed by atoms with Crippen LogP contribution < -0.4 is 5.32 Å². The molecular weight excluding hydrogens is 198 g/mol. The molecule has 0 radical (unpaired) electrons. The molecule has 3 nitrogen and oxygen atoms in total. The van der Waals surface area contributed by atoms with Crippen LogP contribution in [-0.4, -0.2) is 28.7 Å². The Morgan fingerprint density at radius 3 is 3.07 bits per heavy atom. The lowest BCUT2D eigenvalue weighted by Crippen LogP contribution is -2.40. The maximum atomic E-state index is 11.1. The highest BCUT2D eigenvalue weighted by Gasteiger charge is 2.18. The molecule has 14 heavy (non-hydrogen) atoms. The minimum Gasteiger partial charge on any atom is -0.391 e. The largest absolute Gasteiger partial charge is 0.391 e. The Morgan fingerprint density at radius 2 is 2.36 bits per heavy atom. The van der Waals surface area contributed by atoms with Crippen molar-refractivity contribution in [2.24, 2.45) is 0 Å². The van der Waals surface area contributed by atoms with E-state index in [0.29, 0.717) is 0 Å². The molecule has 2 N–H and O–H groups in total. The van der Waals surface area contributed by atoms with Crippen molar-refractivity contribution in [3.8, 4) is 0 Å². The lowest BCUT2D eigenvalue weighted by molar-refractivity contribution is 0.135. The third kappa shape index (κ3) is 3.72. The Kier molecular flexibility index (Phi) is 5.04. The fourth-order valence-corrected chi connectivity index (χ4v) is 1.76. The van der Waals surface area contributed by atoms with Gasteiger partial charge < -0.3 is 10.4 Å². The van der Waals surface area contributed by atoms with E-state index in [0.717, 1.165) is 37.4 Å². The number of hydrogen-bond donors (Lipinski definition) is 2. The van der Waals surface area contributed by atoms with Crippen molar-refractivity contribution in [1.82, 2.24) is 5.32 Å². The number of carbonyl (C=O) groups is 1. The first-order valence-electron chi connectivity index (χ1n) is 4.93. The quantitative estimate of drug-likeness (QED) is 0.657. The van der Waals surface area contributed by atoms with Gasteiger partial charge in [-0.3, -0.25) is 4.79 Å². The van der Waals surface area contributed by atoms with Gasteiger partial charge in [0.1, 0.15) is 0 Å². The van der Waals surface area contributed by atoms with Gasteiger partial charge in [0.15, 0.2) is 0 Å². The zero-order valence-corrected chi connectivity index (χ0v) is 9.22. The standard InChI is InChI=1S/C10H17NO2S/c1-14-10(13)11-8-6-4-2-3-5-7-9(8)12/h4,6,8-9,12H,2-3,5,7H2,1H3,(H,11,13)/b6-4+/t8?,9-/m1/s1. The topological polar surface area (TPSA) is 49.3 Å². The minimum absolute atomic E-state index is 0.0840. The third-order valence-electron chi connectivity index (χ3n) is 2.35. The SMILES string of the molecule is CSC(=O)NC1/C=C/CCCC[C@H]1O. The summed E-state index contributed by atoms with van der Waals surface area (Å²) in [6.07, 6.45) is 9.18. The summed E-state index contributed by atoms with van der Waals surface area (Å²) in [7, 11) is 0. The summed E-state index contributed by atoms with van der Waals surface area (Å²) < 4.78 is 0. The van der Waals surface area contributed by atoms with Crippen molar-refractivity contribution in [2.45, 2.75) is 37.8 Å². The highest BCUT2D eigenvalue weighted by Crippen LogP contribution is 2.13. The van der Waals surface area contributed by atoms with Crippen LogP contribution in [0, 0.1) is 0 Å². The Labute approximate surface area is 89.0 Å². The molecule has 0 aromatic carbocycles. The van der Waals surface area contributed by atoms with Crippen LogP contribution in [0.2, 0.25) is 0 Å². The van der Waals surface area contributed by atoms with E-state index in [9.17, 15) is 9.90 Å². The van der Waals surface area contributed by atoms with E-state index in [4.69, 9.17) is 0 Å². The molecule has 1 aliphatic rings. The Morgan fingerprint density at radius 1 is 1.57 bits per heavy atom. The van der Waals surface area contributed by atoms with E-state index >= 15 is 0 Å². The summed E-state index contributed by atoms with van der Waals surface area (Å²) in [5.74, 6) is 0. The van der Waals surface area contributed by atoms with Crippen molar-refractivity contribution < 1.29 is 9.90 Å². The Hall–Kier alpha value is -0.480. The average Bonchev–Trinajstić information content (AvgIpc) is 2.17. The van der Waals surface area contributed by atoms with E-state index in [-0.39, 0.29) is 11.3 Å². The highest BCUT2D eigenvalue weighted by molar-refractivity contribution is 8.12. The van der Waals surface area contributed by atoms with Gasteiger partial charge in [-0.25, -0.2) is 0 Å². The van der Waals surface area contributed by atoms with Gasteiger partial charge in [0, 0.05) is 0 Å². The van der Waals surface area contributed by atoms with E-state index in [1.807, 2.05) is 12.2 Å². The van der Waals surface area contributed by atoms with Crippen LogP contribution in [0.1, 0.15) is 25.7 Å². The third-order valence-corrected chi connectivity index (χ3v) is 2.84. The number of thioether (sulfide) groups is 1. The van der Waals surface area contributed by atoms with Gasteiger partial charge in [0.2, 0.25) is 0 Å². The molecule has 0 spiro atoms. The number of amides is 1. The van der Waals surface area contributed by atoms with Crippen LogP contribution in [0.5, 0.6) is 0 Å². The normalized spacial score (nSPS) is 30.1. The Balaban J connectivity index is 2.52. The predicted octanol–water partition coefficient (Wildman–Crippen LogP) is 1.92. The van der Waals surface area contributed by atoms with Crippen LogP contribution in [0.3, 0.4) is 0 Å². The summed E-state index contributed by atoms with van der Waals surface area (Å²) in [5, 5.41) is 12.4. The second-order valence-electron chi connectivity index (χ2n) is 3.44. The molecule has 2 atom stereocenters. The number of carbonyl (C=O) groups excluding carboxylic acids is 1. The molecule has 0 bridgehead atoms. The summed E-state index contributed by atoms with van der Waals surface area (Å²) in [4.78, 5) is 11.1. The molecular formula is C10H17NO2S. The fourth-order valence-electron chi connectivity index (χ4n) is 1.51. The maximum Gasteiger partial charge on any atom is 0.279 e. The molecule has 1 rings (SSSR count). The first kappa shape index (κ1) is 11.6. The first-order chi connectivity index (χ1) is 6.74.